The first-order chi connectivity index (χ1) is 16.8. The van der Waals surface area contributed by atoms with Crippen molar-refractivity contribution in [1.82, 2.24) is 9.80 Å². The highest BCUT2D eigenvalue weighted by Crippen LogP contribution is 2.45. The van der Waals surface area contributed by atoms with Gasteiger partial charge >= 0.3 is 0 Å². The molecule has 0 spiro atoms. The topological polar surface area (TPSA) is 74.8 Å². The van der Waals surface area contributed by atoms with Gasteiger partial charge in [0.05, 0.1) is 30.8 Å². The number of halogens is 2. The second kappa shape index (κ2) is 9.25. The van der Waals surface area contributed by atoms with E-state index >= 15 is 0 Å². The fourth-order valence-corrected chi connectivity index (χ4v) is 5.97. The third-order valence-electron chi connectivity index (χ3n) is 7.38. The Hall–Kier alpha value is -2.96. The highest BCUT2D eigenvalue weighted by atomic mass is 35.5. The molecular formula is C27H24Cl2N2O4. The standard InChI is InChI=1S/C27H24Cl2N2O4/c1-15-10-18(19-12-23(32)30(25(19)33)13-16-6-2-4-8-21(16)28)11-20-24(15)27(35)31(26(20)34)14-17-7-3-5-9-22(17)29/h2-10,18-20,24H,11-14H2,1H3/t18-,19-,20+,24+/m1/s1. The van der Waals surface area contributed by atoms with Gasteiger partial charge in [0.15, 0.2) is 0 Å². The van der Waals surface area contributed by atoms with Crippen LogP contribution in [-0.2, 0) is 32.3 Å². The maximum atomic E-state index is 13.3. The van der Waals surface area contributed by atoms with Gasteiger partial charge in [0, 0.05) is 16.5 Å². The molecule has 0 N–H and O–H groups in total. The second-order valence-corrected chi connectivity index (χ2v) is 10.3. The van der Waals surface area contributed by atoms with Gasteiger partial charge in [-0.25, -0.2) is 0 Å². The molecule has 2 aromatic rings. The summed E-state index contributed by atoms with van der Waals surface area (Å²) in [6.07, 6.45) is 2.36. The number of likely N-dealkylation sites (tertiary alicyclic amines) is 2. The van der Waals surface area contributed by atoms with Crippen LogP contribution >= 0.6 is 23.2 Å². The average molecular weight is 511 g/mol. The largest absolute Gasteiger partial charge is 0.278 e. The number of carbonyl (C=O) groups is 4. The number of rotatable bonds is 5. The van der Waals surface area contributed by atoms with Crippen LogP contribution in [0.25, 0.3) is 0 Å². The fourth-order valence-electron chi connectivity index (χ4n) is 5.58. The molecule has 180 valence electrons. The summed E-state index contributed by atoms with van der Waals surface area (Å²) >= 11 is 12.5. The number of hydrogen-bond donors (Lipinski definition) is 0. The summed E-state index contributed by atoms with van der Waals surface area (Å²) in [4.78, 5) is 55.1. The molecule has 1 aliphatic carbocycles. The molecule has 5 rings (SSSR count). The van der Waals surface area contributed by atoms with Crippen molar-refractivity contribution < 1.29 is 19.2 Å². The SMILES string of the molecule is CC1=C[C@@H]([C@H]2CC(=O)N(Cc3ccccc3Cl)C2=O)C[C@@H]2C(=O)N(Cc3ccccc3Cl)C(=O)[C@@H]12. The average Bonchev–Trinajstić information content (AvgIpc) is 3.24. The Bertz CT molecular complexity index is 1270. The molecule has 3 aliphatic rings. The van der Waals surface area contributed by atoms with E-state index in [1.165, 1.54) is 9.80 Å². The molecule has 35 heavy (non-hydrogen) atoms. The molecule has 2 heterocycles. The van der Waals surface area contributed by atoms with E-state index < -0.39 is 17.8 Å². The predicted octanol–water partition coefficient (Wildman–Crippen LogP) is 4.64. The normalized spacial score (nSPS) is 26.4. The lowest BCUT2D eigenvalue weighted by molar-refractivity contribution is -0.142. The van der Waals surface area contributed by atoms with Crippen molar-refractivity contribution in [2.45, 2.75) is 32.9 Å². The Kier molecular flexibility index (Phi) is 6.28. The molecule has 2 fully saturated rings. The molecule has 0 radical (unpaired) electrons. The van der Waals surface area contributed by atoms with Crippen LogP contribution in [0.4, 0.5) is 0 Å². The van der Waals surface area contributed by atoms with Gasteiger partial charge in [-0.3, -0.25) is 29.0 Å². The van der Waals surface area contributed by atoms with Crippen molar-refractivity contribution in [2.75, 3.05) is 0 Å². The zero-order valence-electron chi connectivity index (χ0n) is 19.1. The Morgan fingerprint density at radius 1 is 0.771 bits per heavy atom. The van der Waals surface area contributed by atoms with Gasteiger partial charge in [0.1, 0.15) is 0 Å². The third-order valence-corrected chi connectivity index (χ3v) is 8.12. The molecule has 0 saturated carbocycles. The first-order valence-corrected chi connectivity index (χ1v) is 12.4. The Morgan fingerprint density at radius 2 is 1.31 bits per heavy atom. The van der Waals surface area contributed by atoms with Gasteiger partial charge in [-0.05, 0) is 42.5 Å². The van der Waals surface area contributed by atoms with Crippen LogP contribution in [0.1, 0.15) is 30.9 Å². The van der Waals surface area contributed by atoms with Crippen LogP contribution in [0.2, 0.25) is 10.0 Å². The molecule has 2 saturated heterocycles. The molecular weight excluding hydrogens is 487 g/mol. The number of allylic oxidation sites excluding steroid dienone is 1. The first kappa shape index (κ1) is 23.8. The first-order valence-electron chi connectivity index (χ1n) is 11.6. The molecule has 0 aromatic heterocycles. The second-order valence-electron chi connectivity index (χ2n) is 9.47. The number of benzene rings is 2. The van der Waals surface area contributed by atoms with Gasteiger partial charge < -0.3 is 0 Å². The van der Waals surface area contributed by atoms with E-state index in [2.05, 4.69) is 0 Å². The molecule has 4 amide bonds. The molecule has 0 bridgehead atoms. The molecule has 2 aliphatic heterocycles. The monoisotopic (exact) mass is 510 g/mol. The Balaban J connectivity index is 1.34. The molecule has 2 aromatic carbocycles. The minimum atomic E-state index is -0.554. The van der Waals surface area contributed by atoms with Crippen molar-refractivity contribution in [1.29, 1.82) is 0 Å². The summed E-state index contributed by atoms with van der Waals surface area (Å²) in [5.74, 6) is -2.91. The van der Waals surface area contributed by atoms with Gasteiger partial charge in [-0.2, -0.15) is 0 Å². The molecule has 8 heteroatoms. The lowest BCUT2D eigenvalue weighted by Crippen LogP contribution is -2.34. The van der Waals surface area contributed by atoms with Gasteiger partial charge in [0.25, 0.3) is 0 Å². The van der Waals surface area contributed by atoms with Crippen molar-refractivity contribution in [3.05, 3.63) is 81.4 Å². The van der Waals surface area contributed by atoms with E-state index in [4.69, 9.17) is 23.2 Å². The van der Waals surface area contributed by atoms with E-state index in [1.807, 2.05) is 25.1 Å². The van der Waals surface area contributed by atoms with Crippen LogP contribution in [0.3, 0.4) is 0 Å². The number of carbonyl (C=O) groups excluding carboxylic acids is 4. The molecule has 4 atom stereocenters. The molecule has 6 nitrogen and oxygen atoms in total. The summed E-state index contributed by atoms with van der Waals surface area (Å²) in [6, 6.07) is 14.3. The van der Waals surface area contributed by atoms with Crippen LogP contribution in [0.5, 0.6) is 0 Å². The zero-order valence-corrected chi connectivity index (χ0v) is 20.6. The highest BCUT2D eigenvalue weighted by molar-refractivity contribution is 6.31. The van der Waals surface area contributed by atoms with E-state index in [-0.39, 0.29) is 49.1 Å². The number of nitrogens with zero attached hydrogens (tertiary/aromatic N) is 2. The Morgan fingerprint density at radius 3 is 1.91 bits per heavy atom. The van der Waals surface area contributed by atoms with Crippen molar-refractivity contribution in [3.63, 3.8) is 0 Å². The van der Waals surface area contributed by atoms with Crippen molar-refractivity contribution in [2.24, 2.45) is 23.7 Å². The third kappa shape index (κ3) is 4.19. The maximum absolute atomic E-state index is 13.3. The van der Waals surface area contributed by atoms with Crippen molar-refractivity contribution in [3.8, 4) is 0 Å². The number of hydrogen-bond acceptors (Lipinski definition) is 4. The maximum Gasteiger partial charge on any atom is 0.237 e. The summed E-state index contributed by atoms with van der Waals surface area (Å²) in [5, 5.41) is 1.00. The van der Waals surface area contributed by atoms with E-state index in [0.717, 1.165) is 5.57 Å². The fraction of sp³-hybridized carbons (Fsp3) is 0.333. The minimum Gasteiger partial charge on any atom is -0.278 e. The van der Waals surface area contributed by atoms with Crippen LogP contribution in [-0.4, -0.2) is 33.4 Å². The summed E-state index contributed by atoms with van der Waals surface area (Å²) in [6.45, 7) is 2.07. The van der Waals surface area contributed by atoms with E-state index in [0.29, 0.717) is 27.6 Å². The minimum absolute atomic E-state index is 0.0839. The van der Waals surface area contributed by atoms with Crippen LogP contribution < -0.4 is 0 Å². The highest BCUT2D eigenvalue weighted by Gasteiger charge is 2.53. The Labute approximate surface area is 213 Å². The van der Waals surface area contributed by atoms with Gasteiger partial charge in [-0.1, -0.05) is 71.2 Å². The molecule has 0 unspecified atom stereocenters. The number of amides is 4. The van der Waals surface area contributed by atoms with E-state index in [1.54, 1.807) is 36.4 Å². The van der Waals surface area contributed by atoms with Crippen LogP contribution in [0, 0.1) is 23.7 Å². The van der Waals surface area contributed by atoms with Crippen LogP contribution in [0.15, 0.2) is 60.2 Å². The van der Waals surface area contributed by atoms with E-state index in [9.17, 15) is 19.2 Å². The van der Waals surface area contributed by atoms with Gasteiger partial charge in [-0.15, -0.1) is 0 Å². The van der Waals surface area contributed by atoms with Gasteiger partial charge in [0.2, 0.25) is 23.6 Å². The zero-order chi connectivity index (χ0) is 24.9. The van der Waals surface area contributed by atoms with Crippen molar-refractivity contribution >= 4 is 46.8 Å². The quantitative estimate of drug-likeness (QED) is 0.433. The smallest absolute Gasteiger partial charge is 0.237 e. The summed E-state index contributed by atoms with van der Waals surface area (Å²) < 4.78 is 0. The summed E-state index contributed by atoms with van der Waals surface area (Å²) in [5.41, 5.74) is 2.19. The number of imide groups is 2. The predicted molar refractivity (Wildman–Crippen MR) is 131 cm³/mol. The number of fused-ring (bicyclic) bond motifs is 1. The summed E-state index contributed by atoms with van der Waals surface area (Å²) in [7, 11) is 0. The lowest BCUT2D eigenvalue weighted by atomic mass is 9.71. The lowest BCUT2D eigenvalue weighted by Gasteiger charge is -2.29.